The van der Waals surface area contributed by atoms with Crippen molar-refractivity contribution in [2.45, 2.75) is 47.1 Å². The third-order valence-corrected chi connectivity index (χ3v) is 6.07. The van der Waals surface area contributed by atoms with E-state index in [1.54, 1.807) is 11.3 Å². The van der Waals surface area contributed by atoms with Gasteiger partial charge in [-0.15, -0.1) is 12.4 Å². The smallest absolute Gasteiger partial charge is 0.278 e. The number of hydrogen-bond donors (Lipinski definition) is 0. The van der Waals surface area contributed by atoms with Gasteiger partial charge in [-0.2, -0.15) is 5.10 Å². The van der Waals surface area contributed by atoms with Crippen LogP contribution in [0.5, 0.6) is 0 Å². The van der Waals surface area contributed by atoms with E-state index in [0.29, 0.717) is 12.2 Å². The maximum atomic E-state index is 13.6. The van der Waals surface area contributed by atoms with E-state index in [-0.39, 0.29) is 24.4 Å². The van der Waals surface area contributed by atoms with Crippen LogP contribution >= 0.6 is 23.7 Å². The summed E-state index contributed by atoms with van der Waals surface area (Å²) in [6.07, 6.45) is 0.876. The molecule has 1 aromatic carbocycles. The number of halogens is 1. The molecule has 30 heavy (non-hydrogen) atoms. The number of fused-ring (bicyclic) bond motifs is 1. The van der Waals surface area contributed by atoms with Crippen LogP contribution in [0.2, 0.25) is 0 Å². The van der Waals surface area contributed by atoms with Gasteiger partial charge in [0.15, 0.2) is 5.13 Å². The van der Waals surface area contributed by atoms with Gasteiger partial charge in [0.25, 0.3) is 5.91 Å². The molecule has 164 valence electrons. The van der Waals surface area contributed by atoms with Crippen molar-refractivity contribution in [2.24, 2.45) is 0 Å². The quantitative estimate of drug-likeness (QED) is 0.508. The van der Waals surface area contributed by atoms with Crippen molar-refractivity contribution in [1.82, 2.24) is 19.7 Å². The average Bonchev–Trinajstić information content (AvgIpc) is 3.21. The number of hydrogen-bond acceptors (Lipinski definition) is 5. The van der Waals surface area contributed by atoms with Crippen LogP contribution in [0.15, 0.2) is 18.2 Å². The van der Waals surface area contributed by atoms with E-state index >= 15 is 0 Å². The number of rotatable bonds is 7. The maximum Gasteiger partial charge on any atom is 0.278 e. The zero-order valence-electron chi connectivity index (χ0n) is 18.9. The normalized spacial score (nSPS) is 11.4. The lowest BCUT2D eigenvalue weighted by Gasteiger charge is -2.22. The molecule has 2 heterocycles. The summed E-state index contributed by atoms with van der Waals surface area (Å²) in [5.74, 6) is -0.0357. The summed E-state index contributed by atoms with van der Waals surface area (Å²) in [5, 5.41) is 5.28. The topological polar surface area (TPSA) is 54.3 Å². The molecule has 0 bridgehead atoms. The Kier molecular flexibility index (Phi) is 8.02. The number of benzene rings is 1. The minimum Gasteiger partial charge on any atom is -0.309 e. The average molecular weight is 450 g/mol. The number of carbonyl (C=O) groups excluding carboxylic acids is 1. The third-order valence-electron chi connectivity index (χ3n) is 4.84. The fourth-order valence-corrected chi connectivity index (χ4v) is 4.56. The van der Waals surface area contributed by atoms with E-state index in [1.807, 2.05) is 50.5 Å². The van der Waals surface area contributed by atoms with Crippen molar-refractivity contribution >= 4 is 45.0 Å². The zero-order chi connectivity index (χ0) is 21.3. The fraction of sp³-hybridized carbons (Fsp3) is 0.500. The third kappa shape index (κ3) is 5.20. The number of aromatic nitrogens is 3. The Morgan fingerprint density at radius 3 is 2.47 bits per heavy atom. The van der Waals surface area contributed by atoms with Crippen LogP contribution in [0, 0.1) is 20.8 Å². The molecule has 3 aromatic rings. The van der Waals surface area contributed by atoms with E-state index in [4.69, 9.17) is 4.98 Å². The fourth-order valence-electron chi connectivity index (χ4n) is 3.52. The monoisotopic (exact) mass is 449 g/mol. The van der Waals surface area contributed by atoms with Crippen molar-refractivity contribution in [1.29, 1.82) is 0 Å². The highest BCUT2D eigenvalue weighted by atomic mass is 35.5. The highest BCUT2D eigenvalue weighted by Gasteiger charge is 2.26. The number of anilines is 1. The van der Waals surface area contributed by atoms with Crippen LogP contribution in [-0.2, 0) is 0 Å². The lowest BCUT2D eigenvalue weighted by molar-refractivity contribution is 0.0974. The van der Waals surface area contributed by atoms with Crippen molar-refractivity contribution in [2.75, 3.05) is 32.1 Å². The summed E-state index contributed by atoms with van der Waals surface area (Å²) in [4.78, 5) is 22.4. The minimum atomic E-state index is -0.0357. The number of aryl methyl sites for hydroxylation is 3. The maximum absolute atomic E-state index is 13.6. The summed E-state index contributed by atoms with van der Waals surface area (Å²) in [7, 11) is 4.10. The molecule has 2 aromatic heterocycles. The number of thiazole rings is 1. The van der Waals surface area contributed by atoms with Crippen LogP contribution in [-0.4, -0.2) is 52.8 Å². The first-order valence-electron chi connectivity index (χ1n) is 10.1. The predicted octanol–water partition coefficient (Wildman–Crippen LogP) is 5.02. The summed E-state index contributed by atoms with van der Waals surface area (Å²) < 4.78 is 2.96. The summed E-state index contributed by atoms with van der Waals surface area (Å²) in [6.45, 7) is 11.7. The molecule has 6 nitrogen and oxygen atoms in total. The van der Waals surface area contributed by atoms with Gasteiger partial charge in [-0.05, 0) is 84.9 Å². The number of amides is 1. The lowest BCUT2D eigenvalue weighted by atomic mass is 10.1. The molecule has 3 rings (SSSR count). The number of nitrogens with zero attached hydrogens (tertiary/aromatic N) is 5. The minimum absolute atomic E-state index is 0. The Labute approximate surface area is 189 Å². The summed E-state index contributed by atoms with van der Waals surface area (Å²) in [6, 6.07) is 6.25. The van der Waals surface area contributed by atoms with Crippen LogP contribution in [0.1, 0.15) is 53.6 Å². The van der Waals surface area contributed by atoms with E-state index in [0.717, 1.165) is 34.0 Å². The molecule has 0 radical (unpaired) electrons. The first-order chi connectivity index (χ1) is 13.7. The highest BCUT2D eigenvalue weighted by molar-refractivity contribution is 7.22. The van der Waals surface area contributed by atoms with E-state index in [9.17, 15) is 4.79 Å². The van der Waals surface area contributed by atoms with Gasteiger partial charge in [0.1, 0.15) is 5.69 Å². The molecule has 0 aliphatic carbocycles. The van der Waals surface area contributed by atoms with Gasteiger partial charge < -0.3 is 4.90 Å². The zero-order valence-corrected chi connectivity index (χ0v) is 20.5. The van der Waals surface area contributed by atoms with Crippen LogP contribution in [0.4, 0.5) is 5.13 Å². The van der Waals surface area contributed by atoms with Crippen LogP contribution in [0.3, 0.4) is 0 Å². The van der Waals surface area contributed by atoms with E-state index < -0.39 is 0 Å². The first-order valence-corrected chi connectivity index (χ1v) is 10.9. The molecule has 0 unspecified atom stereocenters. The number of carbonyl (C=O) groups is 1. The molecule has 0 spiro atoms. The lowest BCUT2D eigenvalue weighted by Crippen LogP contribution is -2.35. The molecule has 0 aliphatic rings. The van der Waals surface area contributed by atoms with Gasteiger partial charge >= 0.3 is 0 Å². The second-order valence-electron chi connectivity index (χ2n) is 8.25. The molecular weight excluding hydrogens is 418 g/mol. The van der Waals surface area contributed by atoms with Gasteiger partial charge in [-0.25, -0.2) is 4.98 Å². The SMILES string of the molecule is Cc1cc(C)c2sc(N(CCCN(C)C)C(=O)c3cc(C)nn3C(C)C)nc2c1.Cl. The van der Waals surface area contributed by atoms with Crippen LogP contribution in [0.25, 0.3) is 10.2 Å². The van der Waals surface area contributed by atoms with Gasteiger partial charge in [0.05, 0.1) is 15.9 Å². The van der Waals surface area contributed by atoms with Gasteiger partial charge in [-0.3, -0.25) is 14.4 Å². The second-order valence-corrected chi connectivity index (χ2v) is 9.23. The largest absolute Gasteiger partial charge is 0.309 e. The first kappa shape index (κ1) is 24.3. The van der Waals surface area contributed by atoms with Gasteiger partial charge in [0, 0.05) is 12.6 Å². The van der Waals surface area contributed by atoms with Crippen molar-refractivity contribution in [3.63, 3.8) is 0 Å². The molecule has 8 heteroatoms. The Balaban J connectivity index is 0.00000320. The Morgan fingerprint density at radius 1 is 1.13 bits per heavy atom. The Hall–Kier alpha value is -1.96. The molecule has 0 N–H and O–H groups in total. The van der Waals surface area contributed by atoms with Gasteiger partial charge in [0.2, 0.25) is 0 Å². The standard InChI is InChI=1S/C22H31N5OS.ClH/c1-14(2)27-19(13-17(5)24-27)21(28)26(10-8-9-25(6)7)22-23-18-12-15(3)11-16(4)20(18)29-22;/h11-14H,8-10H2,1-7H3;1H. The highest BCUT2D eigenvalue weighted by Crippen LogP contribution is 2.33. The summed E-state index contributed by atoms with van der Waals surface area (Å²) >= 11 is 1.59. The molecule has 0 fully saturated rings. The predicted molar refractivity (Wildman–Crippen MR) is 129 cm³/mol. The van der Waals surface area contributed by atoms with Gasteiger partial charge in [-0.1, -0.05) is 17.4 Å². The molecule has 1 amide bonds. The molecule has 0 aliphatic heterocycles. The van der Waals surface area contributed by atoms with E-state index in [1.165, 1.54) is 11.1 Å². The Bertz CT molecular complexity index is 1020. The second kappa shape index (κ2) is 9.90. The van der Waals surface area contributed by atoms with Crippen molar-refractivity contribution < 1.29 is 4.79 Å². The van der Waals surface area contributed by atoms with E-state index in [2.05, 4.69) is 36.0 Å². The molecule has 0 saturated heterocycles. The molecular formula is C22H32ClN5OS. The van der Waals surface area contributed by atoms with Crippen molar-refractivity contribution in [3.8, 4) is 0 Å². The molecule has 0 saturated carbocycles. The Morgan fingerprint density at radius 2 is 1.83 bits per heavy atom. The van der Waals surface area contributed by atoms with Crippen molar-refractivity contribution in [3.05, 3.63) is 40.7 Å². The summed E-state index contributed by atoms with van der Waals surface area (Å²) in [5.41, 5.74) is 4.82. The molecule has 0 atom stereocenters. The van der Waals surface area contributed by atoms with Crippen LogP contribution < -0.4 is 4.90 Å².